The van der Waals surface area contributed by atoms with Gasteiger partial charge < -0.3 is 9.64 Å². The van der Waals surface area contributed by atoms with Gasteiger partial charge in [-0.3, -0.25) is 4.79 Å². The molecule has 1 unspecified atom stereocenters. The van der Waals surface area contributed by atoms with E-state index in [4.69, 9.17) is 4.74 Å². The Morgan fingerprint density at radius 3 is 2.85 bits per heavy atom. The van der Waals surface area contributed by atoms with Crippen molar-refractivity contribution in [1.29, 1.82) is 0 Å². The van der Waals surface area contributed by atoms with Gasteiger partial charge in [0.15, 0.2) is 0 Å². The first-order chi connectivity index (χ1) is 13.3. The van der Waals surface area contributed by atoms with Crippen LogP contribution in [0.4, 0.5) is 0 Å². The molecular formula is C24H27NO2. The standard InChI is InChI=1S/C24H27NO2/c26-17-25-13-12-24-11-5-4-8-21(24)23(25)14-19-9-10-20(15-22(19)24)27-16-18-6-2-1-3-7-18/h1-3,6-7,9-10,15,17,21,23H,4-5,8,11-14,16H2/t21?,23-,24-/m0/s1. The van der Waals surface area contributed by atoms with E-state index in [-0.39, 0.29) is 5.41 Å². The number of benzene rings is 2. The van der Waals surface area contributed by atoms with Gasteiger partial charge in [-0.25, -0.2) is 0 Å². The molecule has 2 fully saturated rings. The fourth-order valence-electron chi connectivity index (χ4n) is 5.98. The first-order valence-electron chi connectivity index (χ1n) is 10.3. The summed E-state index contributed by atoms with van der Waals surface area (Å²) >= 11 is 0. The van der Waals surface area contributed by atoms with Crippen molar-refractivity contribution in [3.05, 3.63) is 65.2 Å². The summed E-state index contributed by atoms with van der Waals surface area (Å²) in [5.41, 5.74) is 4.39. The summed E-state index contributed by atoms with van der Waals surface area (Å²) in [5.74, 6) is 1.59. The first-order valence-corrected chi connectivity index (χ1v) is 10.3. The molecule has 1 aliphatic heterocycles. The normalized spacial score (nSPS) is 28.8. The van der Waals surface area contributed by atoms with Crippen LogP contribution in [0.2, 0.25) is 0 Å². The third-order valence-electron chi connectivity index (χ3n) is 7.23. The number of likely N-dealkylation sites (tertiary alicyclic amines) is 1. The summed E-state index contributed by atoms with van der Waals surface area (Å²) in [5, 5.41) is 0. The molecule has 2 aliphatic carbocycles. The van der Waals surface area contributed by atoms with E-state index in [1.807, 2.05) is 6.07 Å². The van der Waals surface area contributed by atoms with Crippen LogP contribution in [0.25, 0.3) is 0 Å². The van der Waals surface area contributed by atoms with Gasteiger partial charge in [-0.15, -0.1) is 0 Å². The lowest BCUT2D eigenvalue weighted by molar-refractivity contribution is -0.126. The summed E-state index contributed by atoms with van der Waals surface area (Å²) in [7, 11) is 0. The Labute approximate surface area is 161 Å². The third-order valence-corrected chi connectivity index (χ3v) is 7.23. The monoisotopic (exact) mass is 361 g/mol. The highest BCUT2D eigenvalue weighted by Gasteiger charge is 2.53. The molecule has 2 aromatic carbocycles. The lowest BCUT2D eigenvalue weighted by Crippen LogP contribution is -2.60. The van der Waals surface area contributed by atoms with Crippen LogP contribution in [-0.4, -0.2) is 23.9 Å². The van der Waals surface area contributed by atoms with E-state index in [1.165, 1.54) is 42.4 Å². The maximum absolute atomic E-state index is 11.6. The van der Waals surface area contributed by atoms with Gasteiger partial charge in [-0.05, 0) is 60.4 Å². The molecule has 3 aliphatic rings. The van der Waals surface area contributed by atoms with Gasteiger partial charge in [0.1, 0.15) is 12.4 Å². The summed E-state index contributed by atoms with van der Waals surface area (Å²) in [6.07, 6.45) is 8.31. The molecule has 0 N–H and O–H groups in total. The minimum Gasteiger partial charge on any atom is -0.489 e. The second-order valence-corrected chi connectivity index (χ2v) is 8.47. The number of carbonyl (C=O) groups is 1. The Morgan fingerprint density at radius 2 is 2.00 bits per heavy atom. The van der Waals surface area contributed by atoms with E-state index >= 15 is 0 Å². The van der Waals surface area contributed by atoms with Crippen molar-refractivity contribution in [1.82, 2.24) is 4.90 Å². The van der Waals surface area contributed by atoms with Crippen LogP contribution in [0.15, 0.2) is 48.5 Å². The lowest BCUT2D eigenvalue weighted by Gasteiger charge is -2.58. The number of rotatable bonds is 4. The Bertz CT molecular complexity index is 834. The molecule has 5 rings (SSSR count). The molecule has 3 nitrogen and oxygen atoms in total. The summed E-state index contributed by atoms with van der Waals surface area (Å²) in [6.45, 7) is 1.51. The number of hydrogen-bond donors (Lipinski definition) is 0. The minimum atomic E-state index is 0.252. The Hall–Kier alpha value is -2.29. The zero-order valence-electron chi connectivity index (χ0n) is 15.8. The molecule has 1 heterocycles. The molecule has 0 spiro atoms. The topological polar surface area (TPSA) is 29.5 Å². The first kappa shape index (κ1) is 16.9. The van der Waals surface area contributed by atoms with E-state index in [1.54, 1.807) is 0 Å². The highest BCUT2D eigenvalue weighted by Crippen LogP contribution is 2.56. The fraction of sp³-hybridized carbons (Fsp3) is 0.458. The quantitative estimate of drug-likeness (QED) is 0.752. The molecule has 1 saturated heterocycles. The number of piperidine rings is 1. The van der Waals surface area contributed by atoms with Gasteiger partial charge in [-0.1, -0.05) is 49.2 Å². The number of nitrogens with zero attached hydrogens (tertiary/aromatic N) is 1. The number of ether oxygens (including phenoxy) is 1. The number of fused-ring (bicyclic) bond motifs is 1. The van der Waals surface area contributed by atoms with Crippen molar-refractivity contribution in [2.75, 3.05) is 6.54 Å². The van der Waals surface area contributed by atoms with Crippen LogP contribution >= 0.6 is 0 Å². The third kappa shape index (κ3) is 2.75. The van der Waals surface area contributed by atoms with Crippen molar-refractivity contribution in [2.45, 2.75) is 56.6 Å². The number of amides is 1. The zero-order chi connectivity index (χ0) is 18.3. The molecule has 3 atom stereocenters. The van der Waals surface area contributed by atoms with Crippen molar-refractivity contribution < 1.29 is 9.53 Å². The molecule has 1 saturated carbocycles. The van der Waals surface area contributed by atoms with Crippen molar-refractivity contribution in [3.8, 4) is 5.75 Å². The fourth-order valence-corrected chi connectivity index (χ4v) is 5.98. The molecule has 0 radical (unpaired) electrons. The Balaban J connectivity index is 1.48. The van der Waals surface area contributed by atoms with Gasteiger partial charge in [-0.2, -0.15) is 0 Å². The summed E-state index contributed by atoms with van der Waals surface area (Å²) in [4.78, 5) is 13.7. The summed E-state index contributed by atoms with van der Waals surface area (Å²) < 4.78 is 6.15. The van der Waals surface area contributed by atoms with E-state index in [9.17, 15) is 4.79 Å². The van der Waals surface area contributed by atoms with E-state index < -0.39 is 0 Å². The van der Waals surface area contributed by atoms with Crippen LogP contribution in [0.1, 0.15) is 48.8 Å². The molecular weight excluding hydrogens is 334 g/mol. The molecule has 2 bridgehead atoms. The van der Waals surface area contributed by atoms with Crippen molar-refractivity contribution in [3.63, 3.8) is 0 Å². The summed E-state index contributed by atoms with van der Waals surface area (Å²) in [6, 6.07) is 17.4. The molecule has 3 heteroatoms. The van der Waals surface area contributed by atoms with Gasteiger partial charge in [0.2, 0.25) is 6.41 Å². The number of carbonyl (C=O) groups excluding carboxylic acids is 1. The molecule has 2 aromatic rings. The van der Waals surface area contributed by atoms with Gasteiger partial charge in [0.05, 0.1) is 0 Å². The average molecular weight is 361 g/mol. The average Bonchev–Trinajstić information content (AvgIpc) is 2.73. The van der Waals surface area contributed by atoms with Gasteiger partial charge >= 0.3 is 0 Å². The van der Waals surface area contributed by atoms with Crippen molar-refractivity contribution >= 4 is 6.41 Å². The Kier molecular flexibility index (Phi) is 4.18. The number of hydrogen-bond acceptors (Lipinski definition) is 2. The Morgan fingerprint density at radius 1 is 1.11 bits per heavy atom. The SMILES string of the molecule is O=CN1CC[C@@]23CCCCC2[C@@H]1Cc1ccc(OCc2ccccc2)cc13. The van der Waals surface area contributed by atoms with Crippen LogP contribution in [0, 0.1) is 5.92 Å². The highest BCUT2D eigenvalue weighted by atomic mass is 16.5. The highest BCUT2D eigenvalue weighted by molar-refractivity contribution is 5.52. The van der Waals surface area contributed by atoms with Crippen molar-refractivity contribution in [2.24, 2.45) is 5.92 Å². The predicted octanol–water partition coefficient (Wildman–Crippen LogP) is 4.48. The van der Waals surface area contributed by atoms with E-state index in [0.29, 0.717) is 18.6 Å². The van der Waals surface area contributed by atoms with Gasteiger partial charge in [0.25, 0.3) is 0 Å². The van der Waals surface area contributed by atoms with Crippen LogP contribution in [-0.2, 0) is 23.2 Å². The minimum absolute atomic E-state index is 0.252. The predicted molar refractivity (Wildman–Crippen MR) is 106 cm³/mol. The second kappa shape index (κ2) is 6.70. The van der Waals surface area contributed by atoms with Crippen LogP contribution in [0.3, 0.4) is 0 Å². The van der Waals surface area contributed by atoms with E-state index in [0.717, 1.165) is 31.5 Å². The molecule has 0 aromatic heterocycles. The maximum atomic E-state index is 11.6. The van der Waals surface area contributed by atoms with Crippen LogP contribution < -0.4 is 4.74 Å². The molecule has 27 heavy (non-hydrogen) atoms. The van der Waals surface area contributed by atoms with E-state index in [2.05, 4.69) is 47.4 Å². The lowest BCUT2D eigenvalue weighted by atomic mass is 9.52. The molecule has 140 valence electrons. The zero-order valence-corrected chi connectivity index (χ0v) is 15.8. The largest absolute Gasteiger partial charge is 0.489 e. The smallest absolute Gasteiger partial charge is 0.209 e. The maximum Gasteiger partial charge on any atom is 0.209 e. The molecule has 1 amide bonds. The van der Waals surface area contributed by atoms with Crippen LogP contribution in [0.5, 0.6) is 5.75 Å². The van der Waals surface area contributed by atoms with Gasteiger partial charge in [0, 0.05) is 18.0 Å². The second-order valence-electron chi connectivity index (χ2n) is 8.47.